The molecule has 3 unspecified atom stereocenters. The smallest absolute Gasteiger partial charge is 0.224 e. The van der Waals surface area contributed by atoms with Crippen molar-refractivity contribution in [3.63, 3.8) is 0 Å². The van der Waals surface area contributed by atoms with Crippen LogP contribution in [0.25, 0.3) is 0 Å². The van der Waals surface area contributed by atoms with Crippen molar-refractivity contribution in [2.75, 3.05) is 19.7 Å². The molecule has 0 bridgehead atoms. The van der Waals surface area contributed by atoms with Gasteiger partial charge < -0.3 is 15.8 Å². The summed E-state index contributed by atoms with van der Waals surface area (Å²) >= 11 is 0. The Bertz CT molecular complexity index is 239. The molecule has 1 amide bonds. The van der Waals surface area contributed by atoms with Crippen molar-refractivity contribution in [3.05, 3.63) is 0 Å². The van der Waals surface area contributed by atoms with E-state index in [9.17, 15) is 4.79 Å². The molecule has 0 heterocycles. The molecule has 1 aliphatic rings. The lowest BCUT2D eigenvalue weighted by atomic mass is 9.88. The van der Waals surface area contributed by atoms with Gasteiger partial charge in [-0.1, -0.05) is 26.7 Å². The molecule has 1 rings (SSSR count). The highest BCUT2D eigenvalue weighted by atomic mass is 35.5. The minimum atomic E-state index is -0.108. The highest BCUT2D eigenvalue weighted by molar-refractivity contribution is 5.85. The predicted molar refractivity (Wildman–Crippen MR) is 75.8 cm³/mol. The average molecular weight is 279 g/mol. The molecule has 18 heavy (non-hydrogen) atoms. The van der Waals surface area contributed by atoms with E-state index in [-0.39, 0.29) is 24.2 Å². The number of ether oxygens (including phenoxy) is 1. The Hall–Kier alpha value is -0.320. The Balaban J connectivity index is 0.00000289. The van der Waals surface area contributed by atoms with E-state index in [1.807, 2.05) is 6.92 Å². The number of nitrogens with two attached hydrogens (primary N) is 1. The summed E-state index contributed by atoms with van der Waals surface area (Å²) in [7, 11) is 0. The van der Waals surface area contributed by atoms with Crippen LogP contribution in [0.3, 0.4) is 0 Å². The Kier molecular flexibility index (Phi) is 9.42. The topological polar surface area (TPSA) is 64.4 Å². The number of hydrogen-bond acceptors (Lipinski definition) is 3. The van der Waals surface area contributed by atoms with Crippen molar-refractivity contribution >= 4 is 18.3 Å². The van der Waals surface area contributed by atoms with Crippen LogP contribution in [-0.4, -0.2) is 31.7 Å². The number of carbonyl (C=O) groups excluding carboxylic acids is 1. The quantitative estimate of drug-likeness (QED) is 0.727. The van der Waals surface area contributed by atoms with E-state index in [0.717, 1.165) is 6.42 Å². The zero-order valence-electron chi connectivity index (χ0n) is 11.5. The van der Waals surface area contributed by atoms with Gasteiger partial charge in [0.2, 0.25) is 5.91 Å². The molecule has 0 aromatic carbocycles. The van der Waals surface area contributed by atoms with Gasteiger partial charge in [0, 0.05) is 19.0 Å². The molecule has 0 aromatic heterocycles. The van der Waals surface area contributed by atoms with Crippen LogP contribution in [0.4, 0.5) is 0 Å². The summed E-state index contributed by atoms with van der Waals surface area (Å²) in [6, 6.07) is 0. The third-order valence-electron chi connectivity index (χ3n) is 3.57. The molecule has 3 N–H and O–H groups in total. The van der Waals surface area contributed by atoms with E-state index in [2.05, 4.69) is 12.2 Å². The Morgan fingerprint density at radius 3 is 2.72 bits per heavy atom. The predicted octanol–water partition coefficient (Wildman–Crippen LogP) is 1.71. The fourth-order valence-electron chi connectivity index (χ4n) is 2.20. The van der Waals surface area contributed by atoms with Crippen molar-refractivity contribution in [2.45, 2.75) is 45.6 Å². The van der Waals surface area contributed by atoms with Crippen molar-refractivity contribution in [3.8, 4) is 0 Å². The minimum absolute atomic E-state index is 0. The van der Waals surface area contributed by atoms with Gasteiger partial charge in [0.05, 0.1) is 12.7 Å². The van der Waals surface area contributed by atoms with Gasteiger partial charge in [0.25, 0.3) is 0 Å². The van der Waals surface area contributed by atoms with E-state index >= 15 is 0 Å². The summed E-state index contributed by atoms with van der Waals surface area (Å²) in [6.07, 6.45) is 5.40. The summed E-state index contributed by atoms with van der Waals surface area (Å²) in [5, 5.41) is 2.84. The van der Waals surface area contributed by atoms with Crippen molar-refractivity contribution < 1.29 is 9.53 Å². The molecular formula is C13H27ClN2O2. The maximum absolute atomic E-state index is 11.4. The van der Waals surface area contributed by atoms with Gasteiger partial charge in [-0.2, -0.15) is 0 Å². The lowest BCUT2D eigenvalue weighted by molar-refractivity contribution is -0.124. The van der Waals surface area contributed by atoms with Crippen LogP contribution in [0.5, 0.6) is 0 Å². The highest BCUT2D eigenvalue weighted by Crippen LogP contribution is 2.25. The molecule has 4 nitrogen and oxygen atoms in total. The van der Waals surface area contributed by atoms with Crippen molar-refractivity contribution in [1.82, 2.24) is 5.32 Å². The largest absolute Gasteiger partial charge is 0.376 e. The molecule has 1 fully saturated rings. The van der Waals surface area contributed by atoms with Crippen LogP contribution in [0.15, 0.2) is 0 Å². The first-order chi connectivity index (χ1) is 8.15. The average Bonchev–Trinajstić information content (AvgIpc) is 2.35. The first-order valence-electron chi connectivity index (χ1n) is 6.74. The zero-order chi connectivity index (χ0) is 12.7. The summed E-state index contributed by atoms with van der Waals surface area (Å²) in [5.74, 6) is 0.568. The van der Waals surface area contributed by atoms with Gasteiger partial charge >= 0.3 is 0 Å². The van der Waals surface area contributed by atoms with Gasteiger partial charge in [-0.3, -0.25) is 4.79 Å². The van der Waals surface area contributed by atoms with E-state index in [1.165, 1.54) is 19.3 Å². The second kappa shape index (κ2) is 9.59. The number of rotatable bonds is 6. The van der Waals surface area contributed by atoms with E-state index in [1.54, 1.807) is 0 Å². The molecule has 108 valence electrons. The molecule has 0 aromatic rings. The van der Waals surface area contributed by atoms with Crippen LogP contribution >= 0.6 is 12.4 Å². The third-order valence-corrected chi connectivity index (χ3v) is 3.57. The normalized spacial score (nSPS) is 25.1. The minimum Gasteiger partial charge on any atom is -0.376 e. The summed E-state index contributed by atoms with van der Waals surface area (Å²) < 4.78 is 5.81. The zero-order valence-corrected chi connectivity index (χ0v) is 12.3. The molecule has 0 spiro atoms. The van der Waals surface area contributed by atoms with E-state index < -0.39 is 0 Å². The molecule has 5 heteroatoms. The van der Waals surface area contributed by atoms with Gasteiger partial charge in [-0.15, -0.1) is 12.4 Å². The van der Waals surface area contributed by atoms with Crippen molar-refractivity contribution in [2.24, 2.45) is 17.6 Å². The Labute approximate surface area is 116 Å². The van der Waals surface area contributed by atoms with Crippen LogP contribution < -0.4 is 11.1 Å². The molecule has 0 saturated heterocycles. The number of halogens is 1. The summed E-state index contributed by atoms with van der Waals surface area (Å²) in [5.41, 5.74) is 5.42. The van der Waals surface area contributed by atoms with E-state index in [4.69, 9.17) is 10.5 Å². The molecule has 1 aliphatic carbocycles. The standard InChI is InChI=1S/C13H26N2O2.ClH/c1-10-5-3-4-6-12(10)17-8-7-15-13(16)11(2)9-14;/h10-12H,3-9,14H2,1-2H3,(H,15,16);1H. The number of hydrogen-bond donors (Lipinski definition) is 2. The first kappa shape index (κ1) is 17.7. The molecular weight excluding hydrogens is 252 g/mol. The number of nitrogens with one attached hydrogen (secondary N) is 1. The van der Waals surface area contributed by atoms with Gasteiger partial charge in [-0.25, -0.2) is 0 Å². The second-order valence-corrected chi connectivity index (χ2v) is 5.10. The lowest BCUT2D eigenvalue weighted by Gasteiger charge is -2.28. The lowest BCUT2D eigenvalue weighted by Crippen LogP contribution is -2.36. The van der Waals surface area contributed by atoms with Crippen LogP contribution in [-0.2, 0) is 9.53 Å². The SMILES string of the molecule is CC(CN)C(=O)NCCOC1CCCCC1C.Cl. The van der Waals surface area contributed by atoms with Crippen molar-refractivity contribution in [1.29, 1.82) is 0 Å². The van der Waals surface area contributed by atoms with Gasteiger partial charge in [0.1, 0.15) is 0 Å². The van der Waals surface area contributed by atoms with Crippen LogP contribution in [0.1, 0.15) is 39.5 Å². The summed E-state index contributed by atoms with van der Waals surface area (Å²) in [6.45, 7) is 5.68. The Morgan fingerprint density at radius 1 is 1.44 bits per heavy atom. The second-order valence-electron chi connectivity index (χ2n) is 5.10. The fraction of sp³-hybridized carbons (Fsp3) is 0.923. The van der Waals surface area contributed by atoms with Gasteiger partial charge in [-0.05, 0) is 18.8 Å². The van der Waals surface area contributed by atoms with Gasteiger partial charge in [0.15, 0.2) is 0 Å². The maximum atomic E-state index is 11.4. The highest BCUT2D eigenvalue weighted by Gasteiger charge is 2.21. The van der Waals surface area contributed by atoms with Crippen LogP contribution in [0, 0.1) is 11.8 Å². The number of amides is 1. The molecule has 1 saturated carbocycles. The Morgan fingerprint density at radius 2 is 2.11 bits per heavy atom. The number of carbonyl (C=O) groups is 1. The third kappa shape index (κ3) is 6.03. The molecule has 0 radical (unpaired) electrons. The summed E-state index contributed by atoms with van der Waals surface area (Å²) in [4.78, 5) is 11.4. The van der Waals surface area contributed by atoms with Crippen LogP contribution in [0.2, 0.25) is 0 Å². The maximum Gasteiger partial charge on any atom is 0.224 e. The molecule has 0 aliphatic heterocycles. The van der Waals surface area contributed by atoms with E-state index in [0.29, 0.717) is 31.7 Å². The fourth-order valence-corrected chi connectivity index (χ4v) is 2.20. The first-order valence-corrected chi connectivity index (χ1v) is 6.74. The molecule has 3 atom stereocenters. The monoisotopic (exact) mass is 278 g/mol.